The van der Waals surface area contributed by atoms with E-state index >= 15 is 0 Å². The summed E-state index contributed by atoms with van der Waals surface area (Å²) in [5.74, 6) is 0. The molecule has 1 heterocycles. The van der Waals surface area contributed by atoms with E-state index < -0.39 is 0 Å². The van der Waals surface area contributed by atoms with Crippen LogP contribution in [0.3, 0.4) is 0 Å². The first kappa shape index (κ1) is 35.7. The van der Waals surface area contributed by atoms with Crippen molar-refractivity contribution in [1.29, 1.82) is 0 Å². The van der Waals surface area contributed by atoms with Gasteiger partial charge in [-0.25, -0.2) is 0 Å². The molecule has 61 heavy (non-hydrogen) atoms. The van der Waals surface area contributed by atoms with Gasteiger partial charge < -0.3 is 4.90 Å². The molecule has 0 spiro atoms. The topological polar surface area (TPSA) is 3.24 Å². The van der Waals surface area contributed by atoms with E-state index in [9.17, 15) is 0 Å². The highest BCUT2D eigenvalue weighted by molar-refractivity contribution is 7.26. The Morgan fingerprint density at radius 1 is 0.361 bits per heavy atom. The van der Waals surface area contributed by atoms with Crippen LogP contribution in [0.4, 0.5) is 17.1 Å². The summed E-state index contributed by atoms with van der Waals surface area (Å²) in [7, 11) is 0. The third kappa shape index (κ3) is 5.90. The third-order valence-corrected chi connectivity index (χ3v) is 14.3. The second kappa shape index (κ2) is 13.9. The van der Waals surface area contributed by atoms with Gasteiger partial charge in [-0.3, -0.25) is 0 Å². The predicted octanol–water partition coefficient (Wildman–Crippen LogP) is 17.1. The van der Waals surface area contributed by atoms with Gasteiger partial charge in [-0.2, -0.15) is 0 Å². The van der Waals surface area contributed by atoms with E-state index in [2.05, 4.69) is 231 Å². The molecule has 0 saturated heterocycles. The van der Waals surface area contributed by atoms with Crippen molar-refractivity contribution in [2.75, 3.05) is 4.90 Å². The molecule has 2 heteroatoms. The molecule has 0 saturated carbocycles. The molecule has 0 bridgehead atoms. The van der Waals surface area contributed by atoms with E-state index in [1.54, 1.807) is 0 Å². The van der Waals surface area contributed by atoms with Crippen molar-refractivity contribution in [3.8, 4) is 44.5 Å². The van der Waals surface area contributed by atoms with Crippen molar-refractivity contribution in [3.63, 3.8) is 0 Å². The molecule has 0 fully saturated rings. The van der Waals surface area contributed by atoms with Crippen LogP contribution in [0.15, 0.2) is 212 Å². The number of benzene rings is 10. The molecule has 1 aliphatic carbocycles. The average Bonchev–Trinajstić information content (AvgIpc) is 3.81. The van der Waals surface area contributed by atoms with Gasteiger partial charge in [0.05, 0.1) is 10.4 Å². The lowest BCUT2D eigenvalue weighted by atomic mass is 9.82. The van der Waals surface area contributed by atoms with Crippen LogP contribution in [0.2, 0.25) is 0 Å². The molecule has 1 nitrogen and oxygen atoms in total. The summed E-state index contributed by atoms with van der Waals surface area (Å²) in [5, 5.41) is 7.63. The first-order valence-corrected chi connectivity index (χ1v) is 22.0. The summed E-state index contributed by atoms with van der Waals surface area (Å²) in [6.45, 7) is 4.72. The molecular weight excluding hydrogens is 755 g/mol. The van der Waals surface area contributed by atoms with Gasteiger partial charge in [0.2, 0.25) is 0 Å². The molecule has 11 aromatic rings. The molecule has 0 N–H and O–H groups in total. The first-order chi connectivity index (χ1) is 30.0. The van der Waals surface area contributed by atoms with Gasteiger partial charge in [-0.1, -0.05) is 172 Å². The largest absolute Gasteiger partial charge is 0.309 e. The van der Waals surface area contributed by atoms with Gasteiger partial charge in [-0.05, 0) is 132 Å². The molecule has 1 aromatic heterocycles. The molecule has 288 valence electrons. The fourth-order valence-corrected chi connectivity index (χ4v) is 11.0. The fraction of sp³-hybridized carbons (Fsp3) is 0.0508. The quantitative estimate of drug-likeness (QED) is 0.162. The number of thiophene rings is 1. The molecule has 0 radical (unpaired) electrons. The Morgan fingerprint density at radius 2 is 0.869 bits per heavy atom. The van der Waals surface area contributed by atoms with E-state index in [1.165, 1.54) is 109 Å². The summed E-state index contributed by atoms with van der Waals surface area (Å²) < 4.78 is 2.61. The van der Waals surface area contributed by atoms with Crippen molar-refractivity contribution in [2.45, 2.75) is 19.3 Å². The lowest BCUT2D eigenvalue weighted by Crippen LogP contribution is -2.16. The van der Waals surface area contributed by atoms with Crippen LogP contribution in [0.5, 0.6) is 0 Å². The molecule has 0 amide bonds. The average molecular weight is 796 g/mol. The lowest BCUT2D eigenvalue weighted by molar-refractivity contribution is 0.660. The standard InChI is InChI=1S/C59H41NS/c1-59(2)54-15-7-5-12-50(54)51-33-32-49(37-55(51)59)60(56-16-9-14-53-52-13-6-8-17-57(52)61-58(53)56)48-30-28-40(29-31-48)39-18-20-41(21-19-39)43-24-25-46-36-47(27-26-45(46)35-43)44-23-22-38-10-3-4-11-42(38)34-44/h3-37H,1-2H3. The van der Waals surface area contributed by atoms with Crippen molar-refractivity contribution in [2.24, 2.45) is 0 Å². The van der Waals surface area contributed by atoms with Gasteiger partial charge in [0.15, 0.2) is 0 Å². The first-order valence-electron chi connectivity index (χ1n) is 21.2. The number of hydrogen-bond donors (Lipinski definition) is 0. The molecular formula is C59H41NS. The Bertz CT molecular complexity index is 3500. The smallest absolute Gasteiger partial charge is 0.0640 e. The molecule has 12 rings (SSSR count). The van der Waals surface area contributed by atoms with Gasteiger partial charge >= 0.3 is 0 Å². The Kier molecular flexibility index (Phi) is 8.13. The van der Waals surface area contributed by atoms with E-state index in [0.29, 0.717) is 0 Å². The number of rotatable bonds is 6. The van der Waals surface area contributed by atoms with Crippen LogP contribution in [0.25, 0.3) is 86.2 Å². The Labute approximate surface area is 360 Å². The zero-order valence-corrected chi connectivity index (χ0v) is 34.9. The summed E-state index contributed by atoms with van der Waals surface area (Å²) in [4.78, 5) is 2.47. The summed E-state index contributed by atoms with van der Waals surface area (Å²) >= 11 is 1.88. The van der Waals surface area contributed by atoms with Crippen LogP contribution < -0.4 is 4.90 Å². The van der Waals surface area contributed by atoms with Crippen molar-refractivity contribution in [3.05, 3.63) is 223 Å². The summed E-state index contributed by atoms with van der Waals surface area (Å²) in [6, 6.07) is 78.6. The minimum Gasteiger partial charge on any atom is -0.309 e. The lowest BCUT2D eigenvalue weighted by Gasteiger charge is -2.28. The third-order valence-electron chi connectivity index (χ3n) is 13.0. The van der Waals surface area contributed by atoms with Crippen molar-refractivity contribution >= 4 is 70.1 Å². The summed E-state index contributed by atoms with van der Waals surface area (Å²) in [5.41, 5.74) is 16.2. The van der Waals surface area contributed by atoms with Gasteiger partial charge in [0.1, 0.15) is 0 Å². The Hall–Kier alpha value is -7.26. The van der Waals surface area contributed by atoms with Crippen LogP contribution in [-0.2, 0) is 5.41 Å². The van der Waals surface area contributed by atoms with Crippen LogP contribution >= 0.6 is 11.3 Å². The minimum absolute atomic E-state index is 0.0952. The maximum absolute atomic E-state index is 2.47. The molecule has 1 aliphatic rings. The maximum Gasteiger partial charge on any atom is 0.0640 e. The number of fused-ring (bicyclic) bond motifs is 8. The van der Waals surface area contributed by atoms with E-state index in [1.807, 2.05) is 11.3 Å². The molecule has 0 unspecified atom stereocenters. The Morgan fingerprint density at radius 3 is 1.61 bits per heavy atom. The van der Waals surface area contributed by atoms with Crippen molar-refractivity contribution in [1.82, 2.24) is 0 Å². The zero-order chi connectivity index (χ0) is 40.7. The van der Waals surface area contributed by atoms with Crippen molar-refractivity contribution < 1.29 is 0 Å². The summed E-state index contributed by atoms with van der Waals surface area (Å²) in [6.07, 6.45) is 0. The van der Waals surface area contributed by atoms with Crippen LogP contribution in [0, 0.1) is 0 Å². The van der Waals surface area contributed by atoms with Gasteiger partial charge in [0.25, 0.3) is 0 Å². The monoisotopic (exact) mass is 795 g/mol. The van der Waals surface area contributed by atoms with Gasteiger partial charge in [0, 0.05) is 32.3 Å². The van der Waals surface area contributed by atoms with E-state index in [4.69, 9.17) is 0 Å². The molecule has 10 aromatic carbocycles. The SMILES string of the molecule is CC1(C)c2ccccc2-c2ccc(N(c3ccc(-c4ccc(-c5ccc6cc(-c7ccc8ccccc8c7)ccc6c5)cc4)cc3)c3cccc4c3sc3ccccc34)cc21. The number of anilines is 3. The Balaban J connectivity index is 0.877. The zero-order valence-electron chi connectivity index (χ0n) is 34.1. The van der Waals surface area contributed by atoms with Crippen LogP contribution in [-0.4, -0.2) is 0 Å². The number of nitrogens with zero attached hydrogens (tertiary/aromatic N) is 1. The highest BCUT2D eigenvalue weighted by Crippen LogP contribution is 2.52. The van der Waals surface area contributed by atoms with Gasteiger partial charge in [-0.15, -0.1) is 11.3 Å². The fourth-order valence-electron chi connectivity index (χ4n) is 9.80. The normalized spacial score (nSPS) is 12.9. The molecule has 0 atom stereocenters. The predicted molar refractivity (Wildman–Crippen MR) is 263 cm³/mol. The molecule has 0 aliphatic heterocycles. The second-order valence-electron chi connectivity index (χ2n) is 17.0. The highest BCUT2D eigenvalue weighted by Gasteiger charge is 2.36. The van der Waals surface area contributed by atoms with E-state index in [0.717, 1.165) is 5.69 Å². The van der Waals surface area contributed by atoms with E-state index in [-0.39, 0.29) is 5.41 Å². The second-order valence-corrected chi connectivity index (χ2v) is 18.0. The highest BCUT2D eigenvalue weighted by atomic mass is 32.1. The minimum atomic E-state index is -0.0952. The number of hydrogen-bond acceptors (Lipinski definition) is 2. The maximum atomic E-state index is 2.47. The van der Waals surface area contributed by atoms with Crippen LogP contribution in [0.1, 0.15) is 25.0 Å².